The van der Waals surface area contributed by atoms with Crippen molar-refractivity contribution in [2.75, 3.05) is 26.7 Å². The Morgan fingerprint density at radius 1 is 1.05 bits per heavy atom. The molecule has 4 heterocycles. The molecule has 2 aliphatic rings. The monoisotopic (exact) mass is 575 g/mol. The van der Waals surface area contributed by atoms with Crippen LogP contribution in [0.25, 0.3) is 0 Å². The molecule has 0 unspecified atom stereocenters. The number of hydrogen-bond donors (Lipinski definition) is 3. The summed E-state index contributed by atoms with van der Waals surface area (Å²) in [4.78, 5) is 49.2. The molecule has 0 spiro atoms. The summed E-state index contributed by atoms with van der Waals surface area (Å²) in [5.74, 6) is 0.566. The number of amides is 3. The molecule has 3 N–H and O–H groups in total. The Kier molecular flexibility index (Phi) is 9.00. The minimum Gasteiger partial charge on any atom is -0.344 e. The predicted molar refractivity (Wildman–Crippen MR) is 156 cm³/mol. The number of aromatic amines is 1. The number of aromatic nitrogens is 5. The van der Waals surface area contributed by atoms with Gasteiger partial charge in [-0.25, -0.2) is 9.67 Å². The third-order valence-corrected chi connectivity index (χ3v) is 8.01. The van der Waals surface area contributed by atoms with Crippen LogP contribution in [0.2, 0.25) is 0 Å². The third kappa shape index (κ3) is 6.70. The first-order valence-corrected chi connectivity index (χ1v) is 14.8. The molecule has 5 rings (SSSR count). The molecule has 3 aromatic rings. The number of benzene rings is 1. The normalized spacial score (nSPS) is 20.8. The van der Waals surface area contributed by atoms with Gasteiger partial charge in [0.05, 0.1) is 12.6 Å². The van der Waals surface area contributed by atoms with Crippen LogP contribution in [-0.2, 0) is 35.5 Å². The van der Waals surface area contributed by atoms with Crippen molar-refractivity contribution < 1.29 is 14.4 Å². The van der Waals surface area contributed by atoms with Gasteiger partial charge in [0.2, 0.25) is 11.8 Å². The summed E-state index contributed by atoms with van der Waals surface area (Å²) >= 11 is 0. The zero-order valence-corrected chi connectivity index (χ0v) is 24.9. The van der Waals surface area contributed by atoms with Crippen molar-refractivity contribution >= 4 is 17.7 Å². The second-order valence-corrected chi connectivity index (χ2v) is 11.7. The fraction of sp³-hybridized carbons (Fsp3) is 0.533. The van der Waals surface area contributed by atoms with Gasteiger partial charge in [0.1, 0.15) is 17.7 Å². The lowest BCUT2D eigenvalue weighted by Crippen LogP contribution is -2.50. The Bertz CT molecular complexity index is 1410. The number of likely N-dealkylation sites (N-methyl/N-ethyl adjacent to an activating group) is 1. The van der Waals surface area contributed by atoms with Crippen LogP contribution in [0, 0.1) is 12.8 Å². The van der Waals surface area contributed by atoms with Gasteiger partial charge in [-0.3, -0.25) is 19.5 Å². The van der Waals surface area contributed by atoms with Crippen molar-refractivity contribution in [3.63, 3.8) is 0 Å². The molecule has 0 bridgehead atoms. The van der Waals surface area contributed by atoms with E-state index in [2.05, 4.69) is 30.8 Å². The van der Waals surface area contributed by atoms with Crippen LogP contribution in [0.15, 0.2) is 30.3 Å². The van der Waals surface area contributed by atoms with Crippen LogP contribution in [0.5, 0.6) is 0 Å². The van der Waals surface area contributed by atoms with Gasteiger partial charge < -0.3 is 20.4 Å². The minimum atomic E-state index is -0.758. The first-order chi connectivity index (χ1) is 20.2. The van der Waals surface area contributed by atoms with Gasteiger partial charge in [-0.05, 0) is 31.9 Å². The SMILES string of the molecule is Cc1nc2n(n1)CCN(C(=O)c1n[nH]c3c1CN(C)CC3)CCCC(=O)N[C@@H](Cc1ccccc1)C(=O)N[C@@H]2C(C)C. The highest BCUT2D eigenvalue weighted by Gasteiger charge is 2.31. The molecule has 2 aliphatic heterocycles. The molecule has 42 heavy (non-hydrogen) atoms. The van der Waals surface area contributed by atoms with E-state index in [1.54, 1.807) is 9.58 Å². The molecule has 12 nitrogen and oxygen atoms in total. The number of rotatable bonds is 4. The second kappa shape index (κ2) is 12.8. The first-order valence-electron chi connectivity index (χ1n) is 14.8. The number of carbonyl (C=O) groups excluding carboxylic acids is 3. The molecular formula is C30H41N9O3. The fourth-order valence-electron chi connectivity index (χ4n) is 5.69. The van der Waals surface area contributed by atoms with Crippen molar-refractivity contribution in [1.29, 1.82) is 0 Å². The topological polar surface area (TPSA) is 141 Å². The van der Waals surface area contributed by atoms with E-state index in [0.717, 1.165) is 29.8 Å². The highest BCUT2D eigenvalue weighted by molar-refractivity contribution is 5.94. The Morgan fingerprint density at radius 2 is 1.83 bits per heavy atom. The van der Waals surface area contributed by atoms with Gasteiger partial charge in [-0.1, -0.05) is 44.2 Å². The Hall–Kier alpha value is -4.06. The predicted octanol–water partition coefficient (Wildman–Crippen LogP) is 1.77. The Morgan fingerprint density at radius 3 is 2.60 bits per heavy atom. The quantitative estimate of drug-likeness (QED) is 0.431. The molecule has 2 atom stereocenters. The van der Waals surface area contributed by atoms with E-state index in [1.165, 1.54) is 0 Å². The van der Waals surface area contributed by atoms with Crippen molar-refractivity contribution in [2.24, 2.45) is 5.92 Å². The molecule has 1 aromatic carbocycles. The average molecular weight is 576 g/mol. The molecular weight excluding hydrogens is 534 g/mol. The number of carbonyl (C=O) groups is 3. The number of H-pyrrole nitrogens is 1. The lowest BCUT2D eigenvalue weighted by Gasteiger charge is -2.28. The molecule has 0 radical (unpaired) electrons. The van der Waals surface area contributed by atoms with Crippen LogP contribution in [0.1, 0.15) is 71.7 Å². The van der Waals surface area contributed by atoms with E-state index in [4.69, 9.17) is 4.98 Å². The maximum absolute atomic E-state index is 13.9. The van der Waals surface area contributed by atoms with Gasteiger partial charge in [0.25, 0.3) is 5.91 Å². The zero-order chi connectivity index (χ0) is 29.8. The Balaban J connectivity index is 1.44. The molecule has 0 aliphatic carbocycles. The van der Waals surface area contributed by atoms with Gasteiger partial charge >= 0.3 is 0 Å². The molecule has 2 aromatic heterocycles. The van der Waals surface area contributed by atoms with Crippen molar-refractivity contribution in [3.05, 3.63) is 64.5 Å². The number of hydrogen-bond acceptors (Lipinski definition) is 7. The van der Waals surface area contributed by atoms with Crippen molar-refractivity contribution in [2.45, 2.75) is 71.6 Å². The highest BCUT2D eigenvalue weighted by atomic mass is 16.2. The molecule has 224 valence electrons. The summed E-state index contributed by atoms with van der Waals surface area (Å²) in [7, 11) is 2.04. The fourth-order valence-corrected chi connectivity index (χ4v) is 5.69. The first kappa shape index (κ1) is 29.4. The van der Waals surface area contributed by atoms with Gasteiger partial charge in [-0.2, -0.15) is 10.2 Å². The van der Waals surface area contributed by atoms with Crippen molar-refractivity contribution in [3.8, 4) is 0 Å². The molecule has 3 amide bonds. The smallest absolute Gasteiger partial charge is 0.274 e. The standard InChI is InChI=1S/C30H41N9O3/c1-19(2)26-28-31-20(3)36-39(28)16-15-38(30(42)27-22-18-37(4)14-12-23(22)34-35-27)13-8-11-25(40)32-24(29(41)33-26)17-21-9-6-5-7-10-21/h5-7,9-10,19,24,26H,8,11-18H2,1-4H3,(H,32,40)(H,33,41)(H,34,35)/t24-,26+/m0/s1. The number of nitrogens with zero attached hydrogens (tertiary/aromatic N) is 6. The van der Waals surface area contributed by atoms with E-state index in [1.807, 2.05) is 58.2 Å². The number of aryl methyl sites for hydroxylation is 1. The molecule has 0 saturated carbocycles. The summed E-state index contributed by atoms with van der Waals surface area (Å²) in [6, 6.07) is 8.45. The average Bonchev–Trinajstić information content (AvgIpc) is 3.55. The lowest BCUT2D eigenvalue weighted by molar-refractivity contribution is -0.129. The summed E-state index contributed by atoms with van der Waals surface area (Å²) in [6.45, 7) is 8.55. The van der Waals surface area contributed by atoms with Gasteiger partial charge in [-0.15, -0.1) is 0 Å². The maximum atomic E-state index is 13.9. The van der Waals surface area contributed by atoms with Crippen LogP contribution >= 0.6 is 0 Å². The third-order valence-electron chi connectivity index (χ3n) is 8.01. The van der Waals surface area contributed by atoms with Gasteiger partial charge in [0, 0.05) is 56.7 Å². The summed E-state index contributed by atoms with van der Waals surface area (Å²) in [6.07, 6.45) is 1.81. The minimum absolute atomic E-state index is 0.00239. The van der Waals surface area contributed by atoms with Crippen LogP contribution in [-0.4, -0.2) is 85.2 Å². The van der Waals surface area contributed by atoms with Crippen LogP contribution in [0.4, 0.5) is 0 Å². The summed E-state index contributed by atoms with van der Waals surface area (Å²) in [5, 5.41) is 18.2. The molecule has 0 fully saturated rings. The molecule has 12 heteroatoms. The van der Waals surface area contributed by atoms with E-state index < -0.39 is 12.1 Å². The van der Waals surface area contributed by atoms with E-state index >= 15 is 0 Å². The van der Waals surface area contributed by atoms with Crippen molar-refractivity contribution in [1.82, 2.24) is 45.4 Å². The largest absolute Gasteiger partial charge is 0.344 e. The maximum Gasteiger partial charge on any atom is 0.274 e. The van der Waals surface area contributed by atoms with E-state index in [-0.39, 0.29) is 30.1 Å². The molecule has 0 saturated heterocycles. The van der Waals surface area contributed by atoms with Gasteiger partial charge in [0.15, 0.2) is 5.69 Å². The van der Waals surface area contributed by atoms with Crippen LogP contribution in [0.3, 0.4) is 0 Å². The van der Waals surface area contributed by atoms with E-state index in [0.29, 0.717) is 56.4 Å². The lowest BCUT2D eigenvalue weighted by atomic mass is 10.0. The summed E-state index contributed by atoms with van der Waals surface area (Å²) in [5.41, 5.74) is 3.33. The number of nitrogens with one attached hydrogen (secondary N) is 3. The Labute approximate surface area is 246 Å². The van der Waals surface area contributed by atoms with Crippen LogP contribution < -0.4 is 10.6 Å². The number of fused-ring (bicyclic) bond motifs is 2. The zero-order valence-electron chi connectivity index (χ0n) is 24.9. The summed E-state index contributed by atoms with van der Waals surface area (Å²) < 4.78 is 1.80. The second-order valence-electron chi connectivity index (χ2n) is 11.7. The van der Waals surface area contributed by atoms with E-state index in [9.17, 15) is 14.4 Å². The highest BCUT2D eigenvalue weighted by Crippen LogP contribution is 2.23.